The molecule has 1 fully saturated rings. The van der Waals surface area contributed by atoms with Crippen LogP contribution >= 0.6 is 11.3 Å². The highest BCUT2D eigenvalue weighted by Gasteiger charge is 2.34. The van der Waals surface area contributed by atoms with E-state index in [0.717, 1.165) is 42.6 Å². The fourth-order valence-corrected chi connectivity index (χ4v) is 4.35. The third-order valence-corrected chi connectivity index (χ3v) is 5.76. The Kier molecular flexibility index (Phi) is 5.68. The van der Waals surface area contributed by atoms with Crippen LogP contribution < -0.4 is 0 Å². The topological polar surface area (TPSA) is 53.5 Å². The number of likely N-dealkylation sites (N-methyl/N-ethyl adjacent to an activating group) is 1. The molecule has 134 valence electrons. The Morgan fingerprint density at radius 1 is 1.28 bits per heavy atom. The minimum absolute atomic E-state index is 0.0420. The molecule has 0 N–H and O–H groups in total. The van der Waals surface area contributed by atoms with E-state index >= 15 is 0 Å². The first-order valence-corrected chi connectivity index (χ1v) is 9.73. The highest BCUT2D eigenvalue weighted by molar-refractivity contribution is 7.18. The normalized spacial score (nSPS) is 17.2. The number of aromatic nitrogens is 1. The molecule has 3 rings (SSSR count). The highest BCUT2D eigenvalue weighted by atomic mass is 32.1. The molecule has 1 atom stereocenters. The van der Waals surface area contributed by atoms with Crippen LogP contribution in [-0.2, 0) is 16.0 Å². The molecule has 0 radical (unpaired) electrons. The van der Waals surface area contributed by atoms with Gasteiger partial charge in [-0.05, 0) is 44.2 Å². The van der Waals surface area contributed by atoms with Gasteiger partial charge in [-0.3, -0.25) is 9.59 Å². The number of hydrogen-bond donors (Lipinski definition) is 0. The van der Waals surface area contributed by atoms with E-state index in [9.17, 15) is 9.59 Å². The Morgan fingerprint density at radius 2 is 2.08 bits per heavy atom. The molecular formula is C19H25N3O2S. The summed E-state index contributed by atoms with van der Waals surface area (Å²) in [6.45, 7) is 0.709. The minimum Gasteiger partial charge on any atom is -0.347 e. The lowest BCUT2D eigenvalue weighted by atomic mass is 10.1. The van der Waals surface area contributed by atoms with Crippen LogP contribution in [0.4, 0.5) is 0 Å². The fourth-order valence-electron chi connectivity index (χ4n) is 3.34. The monoisotopic (exact) mass is 359 g/mol. The predicted molar refractivity (Wildman–Crippen MR) is 101 cm³/mol. The molecular weight excluding hydrogens is 334 g/mol. The van der Waals surface area contributed by atoms with Gasteiger partial charge in [0.1, 0.15) is 6.04 Å². The molecule has 1 saturated heterocycles. The second-order valence-electron chi connectivity index (χ2n) is 6.76. The third kappa shape index (κ3) is 4.18. The van der Waals surface area contributed by atoms with Gasteiger partial charge in [-0.1, -0.05) is 12.1 Å². The number of carbonyl (C=O) groups is 2. The van der Waals surface area contributed by atoms with E-state index in [2.05, 4.69) is 11.1 Å². The number of para-hydroxylation sites is 1. The summed E-state index contributed by atoms with van der Waals surface area (Å²) in [7, 11) is 3.50. The van der Waals surface area contributed by atoms with Gasteiger partial charge in [0.2, 0.25) is 11.8 Å². The summed E-state index contributed by atoms with van der Waals surface area (Å²) in [5, 5.41) is 1.13. The van der Waals surface area contributed by atoms with Crippen LogP contribution in [0.2, 0.25) is 0 Å². The first-order chi connectivity index (χ1) is 12.1. The Labute approximate surface area is 152 Å². The van der Waals surface area contributed by atoms with Gasteiger partial charge in [-0.15, -0.1) is 11.3 Å². The number of carbonyl (C=O) groups excluding carboxylic acids is 2. The van der Waals surface area contributed by atoms with E-state index in [4.69, 9.17) is 0 Å². The standard InChI is InChI=1S/C19H25N3O2S/c1-21(2)19(24)15-9-7-13-22(15)18(23)12-6-5-11-17-20-14-8-3-4-10-16(14)25-17/h3-4,8,10,15H,5-7,9,11-13H2,1-2H3. The first-order valence-electron chi connectivity index (χ1n) is 8.91. The summed E-state index contributed by atoms with van der Waals surface area (Å²) in [5.41, 5.74) is 1.06. The van der Waals surface area contributed by atoms with Crippen molar-refractivity contribution < 1.29 is 9.59 Å². The molecule has 0 saturated carbocycles. The van der Waals surface area contributed by atoms with E-state index in [-0.39, 0.29) is 17.9 Å². The lowest BCUT2D eigenvalue weighted by Crippen LogP contribution is -2.45. The molecule has 5 nitrogen and oxygen atoms in total. The van der Waals surface area contributed by atoms with Crippen molar-refractivity contribution in [2.45, 2.75) is 44.6 Å². The number of thiazole rings is 1. The van der Waals surface area contributed by atoms with Crippen molar-refractivity contribution >= 4 is 33.4 Å². The van der Waals surface area contributed by atoms with Crippen LogP contribution in [-0.4, -0.2) is 53.3 Å². The molecule has 1 unspecified atom stereocenters. The summed E-state index contributed by atoms with van der Waals surface area (Å²) in [4.78, 5) is 32.7. The second kappa shape index (κ2) is 7.95. The molecule has 1 aromatic carbocycles. The maximum absolute atomic E-state index is 12.5. The molecule has 0 aliphatic carbocycles. The van der Waals surface area contributed by atoms with Crippen molar-refractivity contribution in [2.75, 3.05) is 20.6 Å². The van der Waals surface area contributed by atoms with Gasteiger partial charge in [-0.25, -0.2) is 4.98 Å². The summed E-state index contributed by atoms with van der Waals surface area (Å²) in [5.74, 6) is 0.155. The van der Waals surface area contributed by atoms with Crippen LogP contribution in [0.25, 0.3) is 10.2 Å². The third-order valence-electron chi connectivity index (χ3n) is 4.67. The molecule has 1 aliphatic heterocycles. The van der Waals surface area contributed by atoms with Gasteiger partial charge in [0.05, 0.1) is 15.2 Å². The fraction of sp³-hybridized carbons (Fsp3) is 0.526. The summed E-state index contributed by atoms with van der Waals surface area (Å²) in [6, 6.07) is 7.91. The van der Waals surface area contributed by atoms with Gasteiger partial charge >= 0.3 is 0 Å². The molecule has 1 aromatic heterocycles. The van der Waals surface area contributed by atoms with Gasteiger partial charge in [-0.2, -0.15) is 0 Å². The van der Waals surface area contributed by atoms with Crippen molar-refractivity contribution in [3.05, 3.63) is 29.3 Å². The van der Waals surface area contributed by atoms with Crippen LogP contribution in [0.3, 0.4) is 0 Å². The number of benzene rings is 1. The van der Waals surface area contributed by atoms with Crippen molar-refractivity contribution in [2.24, 2.45) is 0 Å². The van der Waals surface area contributed by atoms with Gasteiger partial charge in [0.25, 0.3) is 0 Å². The zero-order valence-electron chi connectivity index (χ0n) is 14.9. The quantitative estimate of drug-likeness (QED) is 0.745. The Morgan fingerprint density at radius 3 is 2.84 bits per heavy atom. The van der Waals surface area contributed by atoms with Crippen LogP contribution in [0.5, 0.6) is 0 Å². The minimum atomic E-state index is -0.258. The Hall–Kier alpha value is -1.95. The summed E-state index contributed by atoms with van der Waals surface area (Å²) in [6.07, 6.45) is 4.92. The van der Waals surface area contributed by atoms with E-state index in [0.29, 0.717) is 13.0 Å². The van der Waals surface area contributed by atoms with Crippen LogP contribution in [0, 0.1) is 0 Å². The maximum Gasteiger partial charge on any atom is 0.244 e. The van der Waals surface area contributed by atoms with Crippen molar-refractivity contribution in [3.63, 3.8) is 0 Å². The maximum atomic E-state index is 12.5. The number of nitrogens with zero attached hydrogens (tertiary/aromatic N) is 3. The molecule has 0 spiro atoms. The second-order valence-corrected chi connectivity index (χ2v) is 7.88. The molecule has 6 heteroatoms. The molecule has 25 heavy (non-hydrogen) atoms. The van der Waals surface area contributed by atoms with Crippen molar-refractivity contribution in [1.29, 1.82) is 0 Å². The highest BCUT2D eigenvalue weighted by Crippen LogP contribution is 2.24. The number of fused-ring (bicyclic) bond motifs is 1. The predicted octanol–water partition coefficient (Wildman–Crippen LogP) is 3.09. The first kappa shape index (κ1) is 17.9. The molecule has 2 aromatic rings. The zero-order chi connectivity index (χ0) is 17.8. The molecule has 1 aliphatic rings. The number of unbranched alkanes of at least 4 members (excludes halogenated alkanes) is 1. The molecule has 2 amide bonds. The Balaban J connectivity index is 1.46. The number of hydrogen-bond acceptors (Lipinski definition) is 4. The summed E-state index contributed by atoms with van der Waals surface area (Å²) >= 11 is 1.73. The van der Waals surface area contributed by atoms with E-state index in [1.54, 1.807) is 35.2 Å². The van der Waals surface area contributed by atoms with Gasteiger partial charge in [0, 0.05) is 27.1 Å². The van der Waals surface area contributed by atoms with E-state index < -0.39 is 0 Å². The number of rotatable bonds is 6. The summed E-state index contributed by atoms with van der Waals surface area (Å²) < 4.78 is 1.22. The smallest absolute Gasteiger partial charge is 0.244 e. The van der Waals surface area contributed by atoms with Crippen LogP contribution in [0.15, 0.2) is 24.3 Å². The lowest BCUT2D eigenvalue weighted by molar-refractivity contribution is -0.142. The van der Waals surface area contributed by atoms with Gasteiger partial charge < -0.3 is 9.80 Å². The average molecular weight is 359 g/mol. The van der Waals surface area contributed by atoms with E-state index in [1.807, 2.05) is 18.2 Å². The number of aryl methyl sites for hydroxylation is 1. The molecule has 0 bridgehead atoms. The number of amides is 2. The largest absolute Gasteiger partial charge is 0.347 e. The van der Waals surface area contributed by atoms with Crippen molar-refractivity contribution in [1.82, 2.24) is 14.8 Å². The molecule has 2 heterocycles. The van der Waals surface area contributed by atoms with Gasteiger partial charge in [0.15, 0.2) is 0 Å². The van der Waals surface area contributed by atoms with Crippen LogP contribution in [0.1, 0.15) is 37.1 Å². The zero-order valence-corrected chi connectivity index (χ0v) is 15.7. The lowest BCUT2D eigenvalue weighted by Gasteiger charge is -2.26. The van der Waals surface area contributed by atoms with Crippen molar-refractivity contribution in [3.8, 4) is 0 Å². The number of likely N-dealkylation sites (tertiary alicyclic amines) is 1. The average Bonchev–Trinajstić information content (AvgIpc) is 3.23. The SMILES string of the molecule is CN(C)C(=O)C1CCCN1C(=O)CCCCc1nc2ccccc2s1. The van der Waals surface area contributed by atoms with E-state index in [1.165, 1.54) is 4.70 Å². The Bertz CT molecular complexity index is 723.